The van der Waals surface area contributed by atoms with Gasteiger partial charge in [-0.2, -0.15) is 0 Å². The Balaban J connectivity index is 1.55. The molecule has 0 saturated heterocycles. The number of nitrogens with two attached hydrogens (primary N) is 1. The zero-order chi connectivity index (χ0) is 21.4. The molecule has 3 N–H and O–H groups in total. The number of carbonyl (C=O) groups is 1. The van der Waals surface area contributed by atoms with Crippen LogP contribution in [0.15, 0.2) is 51.4 Å². The number of anilines is 1. The summed E-state index contributed by atoms with van der Waals surface area (Å²) in [6.45, 7) is 4.28. The number of benzene rings is 1. The van der Waals surface area contributed by atoms with Crippen LogP contribution in [0.2, 0.25) is 0 Å². The van der Waals surface area contributed by atoms with Crippen molar-refractivity contribution in [3.63, 3.8) is 0 Å². The molecule has 2 heterocycles. The van der Waals surface area contributed by atoms with Crippen LogP contribution in [-0.2, 0) is 0 Å². The van der Waals surface area contributed by atoms with E-state index in [4.69, 9.17) is 5.73 Å². The Morgan fingerprint density at radius 3 is 2.60 bits per heavy atom. The summed E-state index contributed by atoms with van der Waals surface area (Å²) < 4.78 is 3.21. The first-order valence-corrected chi connectivity index (χ1v) is 10.8. The average Bonchev–Trinajstić information content (AvgIpc) is 3.42. The van der Waals surface area contributed by atoms with Gasteiger partial charge in [0.15, 0.2) is 10.9 Å². The van der Waals surface area contributed by atoms with Crippen molar-refractivity contribution < 1.29 is 4.79 Å². The first-order chi connectivity index (χ1) is 14.4. The smallest absolute Gasteiger partial charge is 0.330 e. The molecule has 0 bridgehead atoms. The Morgan fingerprint density at radius 1 is 1.27 bits per heavy atom. The van der Waals surface area contributed by atoms with Gasteiger partial charge in [0, 0.05) is 24.1 Å². The van der Waals surface area contributed by atoms with Crippen molar-refractivity contribution in [2.45, 2.75) is 43.8 Å². The van der Waals surface area contributed by atoms with Crippen molar-refractivity contribution in [1.82, 2.24) is 19.1 Å². The molecule has 0 spiro atoms. The number of nitrogens with one attached hydrogen (secondary N) is 1. The lowest BCUT2D eigenvalue weighted by atomic mass is 10.0. The molecule has 1 aliphatic carbocycles. The number of thioether (sulfide) groups is 1. The van der Waals surface area contributed by atoms with E-state index in [1.165, 1.54) is 21.9 Å². The third-order valence-electron chi connectivity index (χ3n) is 5.15. The number of Topliss-reactive ketones (excluding diaryl/α,β-unsaturated/α-hetero) is 1. The molecule has 0 aliphatic heterocycles. The van der Waals surface area contributed by atoms with Crippen LogP contribution in [0, 0.1) is 0 Å². The molecule has 4 rings (SSSR count). The Bertz CT molecular complexity index is 1200. The van der Waals surface area contributed by atoms with Crippen molar-refractivity contribution >= 4 is 23.4 Å². The van der Waals surface area contributed by atoms with Crippen molar-refractivity contribution in [1.29, 1.82) is 0 Å². The maximum atomic E-state index is 12.8. The molecule has 0 atom stereocenters. The number of imidazole rings is 1. The fraction of sp³-hybridized carbons (Fsp3) is 0.333. The van der Waals surface area contributed by atoms with E-state index in [1.807, 2.05) is 22.9 Å². The first kappa shape index (κ1) is 20.2. The lowest BCUT2D eigenvalue weighted by Crippen LogP contribution is -2.36. The second kappa shape index (κ2) is 7.98. The molecule has 1 aliphatic rings. The average molecular weight is 426 g/mol. The van der Waals surface area contributed by atoms with Gasteiger partial charge < -0.3 is 5.73 Å². The summed E-state index contributed by atoms with van der Waals surface area (Å²) in [4.78, 5) is 43.6. The Labute approximate surface area is 177 Å². The normalized spacial score (nSPS) is 13.7. The van der Waals surface area contributed by atoms with Gasteiger partial charge in [-0.05, 0) is 36.5 Å². The number of aromatic amines is 1. The zero-order valence-electron chi connectivity index (χ0n) is 16.8. The highest BCUT2D eigenvalue weighted by molar-refractivity contribution is 7.99. The topological polar surface area (TPSA) is 116 Å². The zero-order valence-corrected chi connectivity index (χ0v) is 17.6. The van der Waals surface area contributed by atoms with Crippen molar-refractivity contribution in [2.75, 3.05) is 11.5 Å². The number of hydrogen-bond donors (Lipinski definition) is 2. The molecule has 3 aromatic rings. The first-order valence-electron chi connectivity index (χ1n) is 9.80. The predicted octanol–water partition coefficient (Wildman–Crippen LogP) is 2.74. The molecule has 8 nitrogen and oxygen atoms in total. The quantitative estimate of drug-likeness (QED) is 0.444. The Kier molecular flexibility index (Phi) is 5.38. The van der Waals surface area contributed by atoms with Crippen LogP contribution in [0.3, 0.4) is 0 Å². The molecule has 1 saturated carbocycles. The molecule has 156 valence electrons. The second-order valence-corrected chi connectivity index (χ2v) is 8.60. The minimum Gasteiger partial charge on any atom is -0.384 e. The Hall–Kier alpha value is -3.07. The van der Waals surface area contributed by atoms with E-state index in [-0.39, 0.29) is 23.2 Å². The molecule has 0 amide bonds. The largest absolute Gasteiger partial charge is 0.384 e. The summed E-state index contributed by atoms with van der Waals surface area (Å²) in [6, 6.07) is 8.12. The highest BCUT2D eigenvalue weighted by atomic mass is 32.2. The van der Waals surface area contributed by atoms with E-state index in [0.717, 1.165) is 18.5 Å². The van der Waals surface area contributed by atoms with Crippen LogP contribution in [0.1, 0.15) is 54.6 Å². The molecule has 1 fully saturated rings. The molecular formula is C21H23N5O3S. The van der Waals surface area contributed by atoms with E-state index in [1.54, 1.807) is 6.20 Å². The molecule has 9 heteroatoms. The lowest BCUT2D eigenvalue weighted by molar-refractivity contribution is 0.102. The third-order valence-corrected chi connectivity index (χ3v) is 6.12. The van der Waals surface area contributed by atoms with Crippen LogP contribution in [-0.4, -0.2) is 30.6 Å². The summed E-state index contributed by atoms with van der Waals surface area (Å²) in [6.07, 6.45) is 5.11. The number of aromatic nitrogens is 4. The van der Waals surface area contributed by atoms with Gasteiger partial charge in [-0.25, -0.2) is 9.78 Å². The number of H-pyrrole nitrogens is 1. The van der Waals surface area contributed by atoms with Gasteiger partial charge in [-0.1, -0.05) is 37.7 Å². The van der Waals surface area contributed by atoms with Crippen LogP contribution in [0.4, 0.5) is 5.82 Å². The fourth-order valence-corrected chi connectivity index (χ4v) is 4.19. The second-order valence-electron chi connectivity index (χ2n) is 7.66. The number of ketones is 1. The molecule has 2 aromatic heterocycles. The van der Waals surface area contributed by atoms with Gasteiger partial charge in [0.2, 0.25) is 0 Å². The number of nitrogen functional groups attached to an aromatic ring is 1. The maximum absolute atomic E-state index is 12.8. The monoisotopic (exact) mass is 425 g/mol. The summed E-state index contributed by atoms with van der Waals surface area (Å²) in [7, 11) is 0. The van der Waals surface area contributed by atoms with Crippen LogP contribution in [0.25, 0.3) is 5.69 Å². The fourth-order valence-electron chi connectivity index (χ4n) is 3.35. The van der Waals surface area contributed by atoms with Crippen molar-refractivity contribution in [2.24, 2.45) is 0 Å². The standard InChI is InChI=1S/C21H23N5O3S/c1-12(2)13-3-5-14(6-4-13)25-10-9-23-21(25)30-11-16(27)17-18(22)26(15-7-8-15)20(29)24-19(17)28/h3-6,9-10,12,15H,7-8,11,22H2,1-2H3,(H,24,28,29). The van der Waals surface area contributed by atoms with Crippen molar-refractivity contribution in [3.8, 4) is 5.69 Å². The van der Waals surface area contributed by atoms with E-state index in [9.17, 15) is 14.4 Å². The third kappa shape index (κ3) is 3.85. The Morgan fingerprint density at radius 2 is 1.97 bits per heavy atom. The van der Waals surface area contributed by atoms with Gasteiger partial charge in [0.25, 0.3) is 5.56 Å². The summed E-state index contributed by atoms with van der Waals surface area (Å²) in [5.74, 6) is -0.0601. The van der Waals surface area contributed by atoms with Gasteiger partial charge in [0.05, 0.1) is 5.75 Å². The van der Waals surface area contributed by atoms with Crippen LogP contribution >= 0.6 is 11.8 Å². The minimum atomic E-state index is -0.743. The highest BCUT2D eigenvalue weighted by Gasteiger charge is 2.30. The number of carbonyl (C=O) groups excluding carboxylic acids is 1. The summed E-state index contributed by atoms with van der Waals surface area (Å²) in [5.41, 5.74) is 6.74. The highest BCUT2D eigenvalue weighted by Crippen LogP contribution is 2.35. The van der Waals surface area contributed by atoms with Gasteiger partial charge in [0.1, 0.15) is 11.4 Å². The number of hydrogen-bond acceptors (Lipinski definition) is 6. The van der Waals surface area contributed by atoms with E-state index < -0.39 is 17.0 Å². The SMILES string of the molecule is CC(C)c1ccc(-n2ccnc2SCC(=O)c2c(N)n(C3CC3)c(=O)[nH]c2=O)cc1. The lowest BCUT2D eigenvalue weighted by Gasteiger charge is -2.12. The molecule has 30 heavy (non-hydrogen) atoms. The molecule has 0 unspecified atom stereocenters. The summed E-state index contributed by atoms with van der Waals surface area (Å²) in [5, 5.41) is 0.631. The van der Waals surface area contributed by atoms with Gasteiger partial charge in [-0.15, -0.1) is 0 Å². The molecule has 1 aromatic carbocycles. The molecule has 0 radical (unpaired) electrons. The van der Waals surface area contributed by atoms with Crippen molar-refractivity contribution in [3.05, 3.63) is 68.6 Å². The van der Waals surface area contributed by atoms with E-state index in [0.29, 0.717) is 11.1 Å². The maximum Gasteiger partial charge on any atom is 0.330 e. The van der Waals surface area contributed by atoms with E-state index in [2.05, 4.69) is 35.9 Å². The van der Waals surface area contributed by atoms with Crippen LogP contribution in [0.5, 0.6) is 0 Å². The predicted molar refractivity (Wildman–Crippen MR) is 117 cm³/mol. The molecular weight excluding hydrogens is 402 g/mol. The minimum absolute atomic E-state index is 0.0166. The van der Waals surface area contributed by atoms with E-state index >= 15 is 0 Å². The van der Waals surface area contributed by atoms with Gasteiger partial charge in [-0.3, -0.25) is 23.7 Å². The number of nitrogens with zero attached hydrogens (tertiary/aromatic N) is 3. The van der Waals surface area contributed by atoms with Crippen LogP contribution < -0.4 is 17.0 Å². The number of rotatable bonds is 7. The van der Waals surface area contributed by atoms with Gasteiger partial charge >= 0.3 is 5.69 Å². The summed E-state index contributed by atoms with van der Waals surface area (Å²) >= 11 is 1.22.